The molecule has 0 unspecified atom stereocenters. The summed E-state index contributed by atoms with van der Waals surface area (Å²) in [5.74, 6) is -0.446. The van der Waals surface area contributed by atoms with E-state index in [9.17, 15) is 4.79 Å². The quantitative estimate of drug-likeness (QED) is 0.590. The van der Waals surface area contributed by atoms with Crippen molar-refractivity contribution in [3.63, 3.8) is 0 Å². The van der Waals surface area contributed by atoms with Gasteiger partial charge in [-0.3, -0.25) is 0 Å². The van der Waals surface area contributed by atoms with Crippen molar-refractivity contribution >= 4 is 34.3 Å². The number of carbonyl (C=O) groups is 1. The van der Waals surface area contributed by atoms with Crippen molar-refractivity contribution in [3.05, 3.63) is 29.8 Å². The van der Waals surface area contributed by atoms with Crippen molar-refractivity contribution in [1.82, 2.24) is 8.75 Å². The molecule has 0 aliphatic heterocycles. The lowest BCUT2D eigenvalue weighted by molar-refractivity contribution is -0.133. The second kappa shape index (κ2) is 4.02. The zero-order valence-corrected chi connectivity index (χ0v) is 9.80. The molecule has 0 aliphatic rings. The van der Waals surface area contributed by atoms with Gasteiger partial charge in [0.1, 0.15) is 11.0 Å². The zero-order valence-electron chi connectivity index (χ0n) is 8.98. The third-order valence-electron chi connectivity index (χ3n) is 2.37. The summed E-state index contributed by atoms with van der Waals surface area (Å²) in [6.45, 7) is 5.67. The first-order chi connectivity index (χ1) is 7.65. The van der Waals surface area contributed by atoms with Crippen LogP contribution >= 0.6 is 11.7 Å². The molecule has 0 fully saturated rings. The number of esters is 1. The second-order valence-electron chi connectivity index (χ2n) is 3.36. The van der Waals surface area contributed by atoms with Crippen LogP contribution in [0.1, 0.15) is 11.1 Å². The fourth-order valence-corrected chi connectivity index (χ4v) is 2.09. The summed E-state index contributed by atoms with van der Waals surface area (Å²) in [5.41, 5.74) is 3.54. The number of benzene rings is 1. The molecule has 0 aliphatic carbocycles. The van der Waals surface area contributed by atoms with Crippen LogP contribution in [-0.2, 0) is 9.53 Å². The highest BCUT2D eigenvalue weighted by atomic mass is 32.1. The maximum atomic E-state index is 11.4. The lowest BCUT2D eigenvalue weighted by atomic mass is 10.0. The Bertz CT molecular complexity index is 574. The molecular weight excluding hydrogens is 224 g/mol. The van der Waals surface area contributed by atoms with E-state index in [2.05, 4.69) is 20.1 Å². The maximum Gasteiger partial charge on any atom is 0.337 e. The molecule has 0 spiro atoms. The summed E-state index contributed by atoms with van der Waals surface area (Å²) in [5, 5.41) is 0. The van der Waals surface area contributed by atoms with Gasteiger partial charge in [0, 0.05) is 5.56 Å². The van der Waals surface area contributed by atoms with E-state index in [0.29, 0.717) is 16.7 Å². The maximum absolute atomic E-state index is 11.4. The number of methoxy groups -OCH3 is 1. The van der Waals surface area contributed by atoms with Gasteiger partial charge in [-0.25, -0.2) is 4.79 Å². The smallest absolute Gasteiger partial charge is 0.337 e. The van der Waals surface area contributed by atoms with E-state index >= 15 is 0 Å². The molecule has 2 aromatic rings. The SMILES string of the molecule is C=C(C(=O)OC)c1ccc(C)c2nsnc12. The predicted molar refractivity (Wildman–Crippen MR) is 63.2 cm³/mol. The molecule has 1 aromatic carbocycles. The Kier molecular flexibility index (Phi) is 2.70. The summed E-state index contributed by atoms with van der Waals surface area (Å²) < 4.78 is 13.0. The Morgan fingerprint density at radius 1 is 1.38 bits per heavy atom. The molecule has 1 aromatic heterocycles. The van der Waals surface area contributed by atoms with Gasteiger partial charge in [-0.15, -0.1) is 0 Å². The van der Waals surface area contributed by atoms with Gasteiger partial charge in [0.05, 0.1) is 24.4 Å². The Labute approximate surface area is 96.9 Å². The summed E-state index contributed by atoms with van der Waals surface area (Å²) >= 11 is 1.12. The topological polar surface area (TPSA) is 52.1 Å². The van der Waals surface area contributed by atoms with Gasteiger partial charge in [-0.2, -0.15) is 8.75 Å². The van der Waals surface area contributed by atoms with Gasteiger partial charge in [0.2, 0.25) is 0 Å². The fourth-order valence-electron chi connectivity index (χ4n) is 1.47. The Hall–Kier alpha value is -1.75. The van der Waals surface area contributed by atoms with E-state index in [-0.39, 0.29) is 0 Å². The van der Waals surface area contributed by atoms with Crippen LogP contribution in [0.25, 0.3) is 16.6 Å². The highest BCUT2D eigenvalue weighted by Crippen LogP contribution is 2.25. The van der Waals surface area contributed by atoms with Gasteiger partial charge in [-0.05, 0) is 12.5 Å². The van der Waals surface area contributed by atoms with Gasteiger partial charge in [0.15, 0.2) is 0 Å². The lowest BCUT2D eigenvalue weighted by Gasteiger charge is -2.04. The van der Waals surface area contributed by atoms with Crippen LogP contribution in [0, 0.1) is 6.92 Å². The second-order valence-corrected chi connectivity index (χ2v) is 3.89. The normalized spacial score (nSPS) is 10.4. The molecule has 1 heterocycles. The van der Waals surface area contributed by atoms with Gasteiger partial charge in [-0.1, -0.05) is 18.7 Å². The first-order valence-corrected chi connectivity index (χ1v) is 5.37. The number of hydrogen-bond donors (Lipinski definition) is 0. The van der Waals surface area contributed by atoms with Crippen LogP contribution in [0.5, 0.6) is 0 Å². The molecule has 0 N–H and O–H groups in total. The fraction of sp³-hybridized carbons (Fsp3) is 0.182. The standard InChI is InChI=1S/C11H10N2O2S/c1-6-4-5-8(7(2)11(14)15-3)10-9(6)12-16-13-10/h4-5H,2H2,1,3H3. The molecular formula is C11H10N2O2S. The van der Waals surface area contributed by atoms with E-state index in [0.717, 1.165) is 22.8 Å². The van der Waals surface area contributed by atoms with Crippen molar-refractivity contribution in [2.75, 3.05) is 7.11 Å². The molecule has 0 saturated carbocycles. The average Bonchev–Trinajstić information content (AvgIpc) is 2.77. The number of ether oxygens (including phenoxy) is 1. The molecule has 0 radical (unpaired) electrons. The number of carbonyl (C=O) groups excluding carboxylic acids is 1. The highest BCUT2D eigenvalue weighted by molar-refractivity contribution is 7.00. The van der Waals surface area contributed by atoms with Crippen LogP contribution in [0.3, 0.4) is 0 Å². The van der Waals surface area contributed by atoms with Crippen molar-refractivity contribution < 1.29 is 9.53 Å². The van der Waals surface area contributed by atoms with Crippen LogP contribution in [0.2, 0.25) is 0 Å². The van der Waals surface area contributed by atoms with Crippen molar-refractivity contribution in [1.29, 1.82) is 0 Å². The lowest BCUT2D eigenvalue weighted by Crippen LogP contribution is -2.03. The molecule has 4 nitrogen and oxygen atoms in total. The molecule has 0 saturated heterocycles. The number of fused-ring (bicyclic) bond motifs is 1. The van der Waals surface area contributed by atoms with Crippen molar-refractivity contribution in [2.24, 2.45) is 0 Å². The van der Waals surface area contributed by atoms with E-state index in [1.807, 2.05) is 19.1 Å². The number of rotatable bonds is 2. The monoisotopic (exact) mass is 234 g/mol. The van der Waals surface area contributed by atoms with Crippen LogP contribution < -0.4 is 0 Å². The van der Waals surface area contributed by atoms with Crippen LogP contribution in [-0.4, -0.2) is 21.8 Å². The molecule has 82 valence electrons. The number of aryl methyl sites for hydroxylation is 1. The van der Waals surface area contributed by atoms with Crippen LogP contribution in [0.4, 0.5) is 0 Å². The van der Waals surface area contributed by atoms with E-state index < -0.39 is 5.97 Å². The molecule has 0 atom stereocenters. The predicted octanol–water partition coefficient (Wildman–Crippen LogP) is 2.19. The van der Waals surface area contributed by atoms with Gasteiger partial charge >= 0.3 is 5.97 Å². The summed E-state index contributed by atoms with van der Waals surface area (Å²) in [4.78, 5) is 11.4. The first-order valence-electron chi connectivity index (χ1n) is 4.64. The van der Waals surface area contributed by atoms with Gasteiger partial charge in [0.25, 0.3) is 0 Å². The van der Waals surface area contributed by atoms with Crippen molar-refractivity contribution in [3.8, 4) is 0 Å². The third kappa shape index (κ3) is 1.59. The molecule has 16 heavy (non-hydrogen) atoms. The molecule has 0 bridgehead atoms. The largest absolute Gasteiger partial charge is 0.465 e. The van der Waals surface area contributed by atoms with E-state index in [1.54, 1.807) is 0 Å². The zero-order chi connectivity index (χ0) is 11.7. The van der Waals surface area contributed by atoms with E-state index in [1.165, 1.54) is 7.11 Å². The number of nitrogens with zero attached hydrogens (tertiary/aromatic N) is 2. The van der Waals surface area contributed by atoms with E-state index in [4.69, 9.17) is 0 Å². The molecule has 0 amide bonds. The summed E-state index contributed by atoms with van der Waals surface area (Å²) in [7, 11) is 1.33. The first kappa shape index (κ1) is 10.8. The third-order valence-corrected chi connectivity index (χ3v) is 2.90. The minimum Gasteiger partial charge on any atom is -0.465 e. The number of hydrogen-bond acceptors (Lipinski definition) is 5. The molecule has 5 heteroatoms. The Morgan fingerprint density at radius 2 is 2.06 bits per heavy atom. The number of aromatic nitrogens is 2. The Balaban J connectivity index is 2.62. The Morgan fingerprint density at radius 3 is 2.75 bits per heavy atom. The minimum absolute atomic E-state index is 0.306. The van der Waals surface area contributed by atoms with Crippen LogP contribution in [0.15, 0.2) is 18.7 Å². The summed E-state index contributed by atoms with van der Waals surface area (Å²) in [6.07, 6.45) is 0. The summed E-state index contributed by atoms with van der Waals surface area (Å²) in [6, 6.07) is 3.71. The minimum atomic E-state index is -0.446. The van der Waals surface area contributed by atoms with Gasteiger partial charge < -0.3 is 4.74 Å². The molecule has 2 rings (SSSR count). The highest BCUT2D eigenvalue weighted by Gasteiger charge is 2.15. The van der Waals surface area contributed by atoms with Crippen molar-refractivity contribution in [2.45, 2.75) is 6.92 Å². The average molecular weight is 234 g/mol.